The molecule has 25 heavy (non-hydrogen) atoms. The van der Waals surface area contributed by atoms with Gasteiger partial charge in [-0.25, -0.2) is 0 Å². The molecular weight excluding hydrogens is 324 g/mol. The standard InChI is InChI=1S/C18H18N2O5/c1-12(2)11-25-15-7-4-13(5-8-15)18(21)19-16-10-14(20(22)23)6-9-17(16)24-3/h4-10H,1,11H2,2-3H3,(H,19,21). The number of nitrogens with zero attached hydrogens (tertiary/aromatic N) is 1. The van der Waals surface area contributed by atoms with Crippen LogP contribution in [0.5, 0.6) is 11.5 Å². The Balaban J connectivity index is 2.15. The van der Waals surface area contributed by atoms with Gasteiger partial charge in [0.2, 0.25) is 0 Å². The molecule has 7 heteroatoms. The van der Waals surface area contributed by atoms with Crippen molar-refractivity contribution in [2.75, 3.05) is 19.0 Å². The number of hydrogen-bond acceptors (Lipinski definition) is 5. The molecule has 0 saturated heterocycles. The second kappa shape index (κ2) is 7.96. The summed E-state index contributed by atoms with van der Waals surface area (Å²) in [7, 11) is 1.42. The Labute approximate surface area is 145 Å². The summed E-state index contributed by atoms with van der Waals surface area (Å²) < 4.78 is 10.6. The van der Waals surface area contributed by atoms with Crippen LogP contribution in [0.3, 0.4) is 0 Å². The molecule has 0 radical (unpaired) electrons. The Morgan fingerprint density at radius 1 is 1.24 bits per heavy atom. The zero-order valence-electron chi connectivity index (χ0n) is 13.9. The molecule has 2 rings (SSSR count). The van der Waals surface area contributed by atoms with Crippen molar-refractivity contribution in [1.29, 1.82) is 0 Å². The molecule has 1 N–H and O–H groups in total. The minimum absolute atomic E-state index is 0.139. The van der Waals surface area contributed by atoms with Gasteiger partial charge in [0.25, 0.3) is 11.6 Å². The number of benzene rings is 2. The van der Waals surface area contributed by atoms with Gasteiger partial charge < -0.3 is 14.8 Å². The topological polar surface area (TPSA) is 90.7 Å². The minimum Gasteiger partial charge on any atom is -0.495 e. The minimum atomic E-state index is -0.539. The van der Waals surface area contributed by atoms with Crippen LogP contribution in [-0.2, 0) is 0 Å². The van der Waals surface area contributed by atoms with Crippen molar-refractivity contribution in [3.05, 3.63) is 70.3 Å². The third-order valence-corrected chi connectivity index (χ3v) is 3.24. The number of amides is 1. The fraction of sp³-hybridized carbons (Fsp3) is 0.167. The molecule has 0 heterocycles. The lowest BCUT2D eigenvalue weighted by molar-refractivity contribution is -0.384. The average Bonchev–Trinajstić information content (AvgIpc) is 2.60. The van der Waals surface area contributed by atoms with Crippen LogP contribution in [0.15, 0.2) is 54.6 Å². The summed E-state index contributed by atoms with van der Waals surface area (Å²) in [5.74, 6) is 0.540. The molecule has 0 aliphatic carbocycles. The van der Waals surface area contributed by atoms with E-state index in [1.165, 1.54) is 25.3 Å². The van der Waals surface area contributed by atoms with E-state index < -0.39 is 10.8 Å². The highest BCUT2D eigenvalue weighted by Crippen LogP contribution is 2.29. The summed E-state index contributed by atoms with van der Waals surface area (Å²) in [6.07, 6.45) is 0. The molecule has 2 aromatic rings. The molecule has 2 aromatic carbocycles. The lowest BCUT2D eigenvalue weighted by Crippen LogP contribution is -2.13. The SMILES string of the molecule is C=C(C)COc1ccc(C(=O)Nc2cc([N+](=O)[O-])ccc2OC)cc1. The Hall–Kier alpha value is -3.35. The number of anilines is 1. The highest BCUT2D eigenvalue weighted by Gasteiger charge is 2.14. The number of ether oxygens (including phenoxy) is 2. The van der Waals surface area contributed by atoms with Crippen LogP contribution < -0.4 is 14.8 Å². The average molecular weight is 342 g/mol. The van der Waals surface area contributed by atoms with Crippen molar-refractivity contribution in [2.24, 2.45) is 0 Å². The summed E-state index contributed by atoms with van der Waals surface area (Å²) >= 11 is 0. The smallest absolute Gasteiger partial charge is 0.271 e. The number of non-ortho nitro benzene ring substituents is 1. The first-order chi connectivity index (χ1) is 11.9. The van der Waals surface area contributed by atoms with Crippen molar-refractivity contribution in [2.45, 2.75) is 6.92 Å². The van der Waals surface area contributed by atoms with E-state index in [1.807, 2.05) is 6.92 Å². The maximum Gasteiger partial charge on any atom is 0.271 e. The second-order valence-electron chi connectivity index (χ2n) is 5.37. The van der Waals surface area contributed by atoms with Crippen LogP contribution in [0.1, 0.15) is 17.3 Å². The van der Waals surface area contributed by atoms with E-state index >= 15 is 0 Å². The Kier molecular flexibility index (Phi) is 5.73. The van der Waals surface area contributed by atoms with Gasteiger partial charge in [-0.15, -0.1) is 0 Å². The number of nitro benzene ring substituents is 1. The van der Waals surface area contributed by atoms with Gasteiger partial charge >= 0.3 is 0 Å². The monoisotopic (exact) mass is 342 g/mol. The normalized spacial score (nSPS) is 10.0. The van der Waals surface area contributed by atoms with Crippen LogP contribution in [0.2, 0.25) is 0 Å². The summed E-state index contributed by atoms with van der Waals surface area (Å²) in [4.78, 5) is 22.7. The first kappa shape index (κ1) is 18.0. The summed E-state index contributed by atoms with van der Waals surface area (Å²) in [6.45, 7) is 6.00. The molecular formula is C18H18N2O5. The van der Waals surface area contributed by atoms with E-state index in [0.29, 0.717) is 23.7 Å². The number of hydrogen-bond donors (Lipinski definition) is 1. The lowest BCUT2D eigenvalue weighted by Gasteiger charge is -2.10. The fourth-order valence-corrected chi connectivity index (χ4v) is 2.01. The lowest BCUT2D eigenvalue weighted by atomic mass is 10.2. The van der Waals surface area contributed by atoms with Gasteiger partial charge in [0.1, 0.15) is 18.1 Å². The van der Waals surface area contributed by atoms with Crippen molar-refractivity contribution >= 4 is 17.3 Å². The molecule has 0 saturated carbocycles. The van der Waals surface area contributed by atoms with Gasteiger partial charge in [-0.1, -0.05) is 6.58 Å². The molecule has 0 unspecified atom stereocenters. The Morgan fingerprint density at radius 2 is 1.92 bits per heavy atom. The zero-order valence-corrected chi connectivity index (χ0v) is 13.9. The van der Waals surface area contributed by atoms with Crippen molar-refractivity contribution < 1.29 is 19.2 Å². The summed E-state index contributed by atoms with van der Waals surface area (Å²) in [5.41, 5.74) is 1.36. The molecule has 0 bridgehead atoms. The molecule has 0 aliphatic heterocycles. The van der Waals surface area contributed by atoms with E-state index in [-0.39, 0.29) is 11.4 Å². The quantitative estimate of drug-likeness (QED) is 0.469. The molecule has 7 nitrogen and oxygen atoms in total. The van der Waals surface area contributed by atoms with Gasteiger partial charge in [-0.2, -0.15) is 0 Å². The maximum atomic E-state index is 12.3. The number of nitrogens with one attached hydrogen (secondary N) is 1. The number of rotatable bonds is 7. The molecule has 0 atom stereocenters. The number of carbonyl (C=O) groups excluding carboxylic acids is 1. The molecule has 1 amide bonds. The van der Waals surface area contributed by atoms with Crippen LogP contribution in [0.25, 0.3) is 0 Å². The molecule has 0 aromatic heterocycles. The highest BCUT2D eigenvalue weighted by atomic mass is 16.6. The number of nitro groups is 1. The molecule has 130 valence electrons. The summed E-state index contributed by atoms with van der Waals surface area (Å²) in [6, 6.07) is 10.5. The highest BCUT2D eigenvalue weighted by molar-refractivity contribution is 6.05. The zero-order chi connectivity index (χ0) is 18.4. The molecule has 0 aliphatic rings. The fourth-order valence-electron chi connectivity index (χ4n) is 2.01. The third kappa shape index (κ3) is 4.81. The predicted molar refractivity (Wildman–Crippen MR) is 94.4 cm³/mol. The van der Waals surface area contributed by atoms with Crippen LogP contribution in [-0.4, -0.2) is 24.5 Å². The summed E-state index contributed by atoms with van der Waals surface area (Å²) in [5, 5.41) is 13.5. The predicted octanol–water partition coefficient (Wildman–Crippen LogP) is 3.81. The van der Waals surface area contributed by atoms with Crippen LogP contribution in [0.4, 0.5) is 11.4 Å². The largest absolute Gasteiger partial charge is 0.495 e. The molecule has 0 spiro atoms. The van der Waals surface area contributed by atoms with Crippen LogP contribution >= 0.6 is 0 Å². The maximum absolute atomic E-state index is 12.3. The van der Waals surface area contributed by atoms with Gasteiger partial charge in [-0.3, -0.25) is 14.9 Å². The van der Waals surface area contributed by atoms with Crippen LogP contribution in [0, 0.1) is 10.1 Å². The van der Waals surface area contributed by atoms with Gasteiger partial charge in [0.05, 0.1) is 17.7 Å². The van der Waals surface area contributed by atoms with E-state index in [0.717, 1.165) is 5.57 Å². The Bertz CT molecular complexity index is 800. The van der Waals surface area contributed by atoms with Crippen molar-refractivity contribution in [3.63, 3.8) is 0 Å². The van der Waals surface area contributed by atoms with Gasteiger partial charge in [0, 0.05) is 17.7 Å². The Morgan fingerprint density at radius 3 is 2.48 bits per heavy atom. The van der Waals surface area contributed by atoms with Crippen molar-refractivity contribution in [3.8, 4) is 11.5 Å². The van der Waals surface area contributed by atoms with E-state index in [1.54, 1.807) is 24.3 Å². The van der Waals surface area contributed by atoms with Gasteiger partial charge in [0.15, 0.2) is 0 Å². The second-order valence-corrected chi connectivity index (χ2v) is 5.37. The van der Waals surface area contributed by atoms with E-state index in [9.17, 15) is 14.9 Å². The first-order valence-corrected chi connectivity index (χ1v) is 7.41. The number of carbonyl (C=O) groups is 1. The van der Waals surface area contributed by atoms with E-state index in [4.69, 9.17) is 9.47 Å². The molecule has 0 fully saturated rings. The number of methoxy groups -OCH3 is 1. The van der Waals surface area contributed by atoms with E-state index in [2.05, 4.69) is 11.9 Å². The van der Waals surface area contributed by atoms with Gasteiger partial charge in [-0.05, 0) is 42.8 Å². The third-order valence-electron chi connectivity index (χ3n) is 3.24. The van der Waals surface area contributed by atoms with Crippen molar-refractivity contribution in [1.82, 2.24) is 0 Å². The first-order valence-electron chi connectivity index (χ1n) is 7.41.